The summed E-state index contributed by atoms with van der Waals surface area (Å²) in [5.74, 6) is 0.765. The summed E-state index contributed by atoms with van der Waals surface area (Å²) in [4.78, 5) is 21.4. The molecule has 1 N–H and O–H groups in total. The van der Waals surface area contributed by atoms with Crippen LogP contribution in [0.4, 0.5) is 0 Å². The number of nitrogens with zero attached hydrogens (tertiary/aromatic N) is 3. The Morgan fingerprint density at radius 1 is 1.38 bits per heavy atom. The molecule has 8 heteroatoms. The van der Waals surface area contributed by atoms with E-state index in [1.54, 1.807) is 30.3 Å². The first kappa shape index (κ1) is 23.2. The number of carbonyl (C=O) groups excluding carboxylic acids is 1. The lowest BCUT2D eigenvalue weighted by atomic mass is 10.1. The van der Waals surface area contributed by atoms with Gasteiger partial charge >= 0.3 is 0 Å². The maximum atomic E-state index is 11.9. The third-order valence-corrected chi connectivity index (χ3v) is 5.20. The molecule has 0 radical (unpaired) electrons. The first-order valence-electron chi connectivity index (χ1n) is 8.90. The Hall–Kier alpha value is -0.870. The lowest BCUT2D eigenvalue weighted by Gasteiger charge is -2.27. The van der Waals surface area contributed by atoms with E-state index in [0.717, 1.165) is 44.9 Å². The fourth-order valence-corrected chi connectivity index (χ4v) is 3.31. The quantitative estimate of drug-likeness (QED) is 0.360. The second-order valence-electron chi connectivity index (χ2n) is 6.55. The Morgan fingerprint density at radius 2 is 2.19 bits per heavy atom. The molecule has 1 aliphatic heterocycles. The number of likely N-dealkylation sites (N-methyl/N-ethyl adjacent to an activating group) is 2. The zero-order valence-electron chi connectivity index (χ0n) is 15.9. The van der Waals surface area contributed by atoms with Crippen molar-refractivity contribution in [1.29, 1.82) is 0 Å². The van der Waals surface area contributed by atoms with Crippen molar-refractivity contribution >= 4 is 47.2 Å². The van der Waals surface area contributed by atoms with Crippen LogP contribution in [0.2, 0.25) is 0 Å². The van der Waals surface area contributed by atoms with Gasteiger partial charge in [0.15, 0.2) is 5.96 Å². The minimum atomic E-state index is -0.000117. The minimum absolute atomic E-state index is 0. The van der Waals surface area contributed by atoms with Gasteiger partial charge in [0.25, 0.3) is 0 Å². The van der Waals surface area contributed by atoms with Crippen LogP contribution >= 0.6 is 35.3 Å². The van der Waals surface area contributed by atoms with E-state index >= 15 is 0 Å². The van der Waals surface area contributed by atoms with E-state index in [1.165, 1.54) is 11.3 Å². The van der Waals surface area contributed by atoms with Crippen molar-refractivity contribution in [2.45, 2.75) is 31.8 Å². The van der Waals surface area contributed by atoms with Gasteiger partial charge in [0.1, 0.15) is 6.54 Å². The second-order valence-corrected chi connectivity index (χ2v) is 7.58. The van der Waals surface area contributed by atoms with Crippen LogP contribution in [0.1, 0.15) is 24.1 Å². The van der Waals surface area contributed by atoms with Gasteiger partial charge in [-0.25, -0.2) is 4.99 Å². The molecule has 26 heavy (non-hydrogen) atoms. The summed E-state index contributed by atoms with van der Waals surface area (Å²) in [6, 6.07) is 4.22. The number of guanidine groups is 1. The van der Waals surface area contributed by atoms with E-state index in [4.69, 9.17) is 4.74 Å². The Balaban J connectivity index is 0.00000338. The highest BCUT2D eigenvalue weighted by molar-refractivity contribution is 14.0. The number of amides is 1. The Kier molecular flexibility index (Phi) is 11.1. The maximum absolute atomic E-state index is 11.9. The lowest BCUT2D eigenvalue weighted by molar-refractivity contribution is -0.127. The fraction of sp³-hybridized carbons (Fsp3) is 0.667. The van der Waals surface area contributed by atoms with E-state index in [0.29, 0.717) is 0 Å². The number of carbonyl (C=O) groups is 1. The monoisotopic (exact) mass is 494 g/mol. The van der Waals surface area contributed by atoms with Crippen molar-refractivity contribution in [3.05, 3.63) is 22.4 Å². The van der Waals surface area contributed by atoms with Crippen LogP contribution in [-0.4, -0.2) is 75.2 Å². The molecule has 0 aliphatic carbocycles. The third-order valence-electron chi connectivity index (χ3n) is 4.26. The number of thiophene rings is 1. The number of hydrogen-bond donors (Lipinski definition) is 1. The van der Waals surface area contributed by atoms with Crippen LogP contribution in [-0.2, 0) is 16.0 Å². The largest absolute Gasteiger partial charge is 0.376 e. The normalized spacial score (nSPS) is 17.3. The Labute approximate surface area is 178 Å². The van der Waals surface area contributed by atoms with Crippen molar-refractivity contribution in [2.75, 3.05) is 47.4 Å². The SMILES string of the molecule is CN(C)C(=O)CN=C(NCC1CCCCO1)N(C)CCc1cccs1.I. The highest BCUT2D eigenvalue weighted by atomic mass is 127. The van der Waals surface area contributed by atoms with E-state index in [1.807, 2.05) is 7.05 Å². The molecule has 1 aliphatic rings. The predicted octanol–water partition coefficient (Wildman–Crippen LogP) is 2.44. The molecule has 0 spiro atoms. The molecular weight excluding hydrogens is 463 g/mol. The highest BCUT2D eigenvalue weighted by Crippen LogP contribution is 2.12. The molecule has 0 saturated carbocycles. The lowest BCUT2D eigenvalue weighted by Crippen LogP contribution is -2.44. The first-order valence-corrected chi connectivity index (χ1v) is 9.78. The molecule has 2 rings (SSSR count). The summed E-state index contributed by atoms with van der Waals surface area (Å²) < 4.78 is 5.78. The van der Waals surface area contributed by atoms with Crippen molar-refractivity contribution < 1.29 is 9.53 Å². The molecule has 1 aromatic rings. The molecule has 1 saturated heterocycles. The average molecular weight is 494 g/mol. The molecule has 0 aromatic carbocycles. The summed E-state index contributed by atoms with van der Waals surface area (Å²) >= 11 is 1.77. The zero-order chi connectivity index (χ0) is 18.1. The smallest absolute Gasteiger partial charge is 0.243 e. The van der Waals surface area contributed by atoms with Gasteiger partial charge in [0.05, 0.1) is 6.10 Å². The minimum Gasteiger partial charge on any atom is -0.376 e. The Morgan fingerprint density at radius 3 is 2.81 bits per heavy atom. The molecule has 1 fully saturated rings. The first-order chi connectivity index (χ1) is 12.1. The third kappa shape index (κ3) is 8.22. The van der Waals surface area contributed by atoms with E-state index < -0.39 is 0 Å². The molecule has 6 nitrogen and oxygen atoms in total. The number of halogens is 1. The van der Waals surface area contributed by atoms with Crippen molar-refractivity contribution in [3.8, 4) is 0 Å². The van der Waals surface area contributed by atoms with Crippen LogP contribution in [0.3, 0.4) is 0 Å². The zero-order valence-corrected chi connectivity index (χ0v) is 19.1. The number of hydrogen-bond acceptors (Lipinski definition) is 4. The second kappa shape index (κ2) is 12.5. The molecule has 1 aromatic heterocycles. The molecule has 1 amide bonds. The Bertz CT molecular complexity index is 545. The topological polar surface area (TPSA) is 57.2 Å². The molecule has 1 unspecified atom stereocenters. The van der Waals surface area contributed by atoms with Crippen molar-refractivity contribution in [2.24, 2.45) is 4.99 Å². The van der Waals surface area contributed by atoms with Crippen LogP contribution < -0.4 is 5.32 Å². The molecule has 1 atom stereocenters. The number of nitrogens with one attached hydrogen (secondary N) is 1. The summed E-state index contributed by atoms with van der Waals surface area (Å²) in [6.07, 6.45) is 4.64. The van der Waals surface area contributed by atoms with Crippen molar-refractivity contribution in [3.63, 3.8) is 0 Å². The molecule has 148 valence electrons. The average Bonchev–Trinajstić information content (AvgIpc) is 3.13. The van der Waals surface area contributed by atoms with Crippen LogP contribution in [0.15, 0.2) is 22.5 Å². The number of ether oxygens (including phenoxy) is 1. The van der Waals surface area contributed by atoms with Crippen LogP contribution in [0.5, 0.6) is 0 Å². The predicted molar refractivity (Wildman–Crippen MR) is 119 cm³/mol. The summed E-state index contributed by atoms with van der Waals surface area (Å²) in [5.41, 5.74) is 0. The van der Waals surface area contributed by atoms with Gasteiger partial charge in [-0.3, -0.25) is 4.79 Å². The van der Waals surface area contributed by atoms with E-state index in [2.05, 4.69) is 32.7 Å². The maximum Gasteiger partial charge on any atom is 0.243 e. The van der Waals surface area contributed by atoms with Gasteiger partial charge in [-0.05, 0) is 37.1 Å². The number of rotatable bonds is 7. The van der Waals surface area contributed by atoms with Crippen molar-refractivity contribution in [1.82, 2.24) is 15.1 Å². The molecule has 2 heterocycles. The van der Waals surface area contributed by atoms with E-state index in [-0.39, 0.29) is 42.5 Å². The summed E-state index contributed by atoms with van der Waals surface area (Å²) in [6.45, 7) is 2.59. The highest BCUT2D eigenvalue weighted by Gasteiger charge is 2.16. The van der Waals surface area contributed by atoms with Crippen LogP contribution in [0, 0.1) is 0 Å². The van der Waals surface area contributed by atoms with E-state index in [9.17, 15) is 4.79 Å². The number of aliphatic imine (C=N–C) groups is 1. The summed E-state index contributed by atoms with van der Waals surface area (Å²) in [7, 11) is 5.52. The molecule has 0 bridgehead atoms. The van der Waals surface area contributed by atoms with Gasteiger partial charge in [-0.15, -0.1) is 35.3 Å². The standard InChI is InChI=1S/C18H30N4O2S.HI/c1-21(2)17(23)14-20-18(19-13-15-7-4-5-11-24-15)22(3)10-9-16-8-6-12-25-16;/h6,8,12,15H,4-5,7,9-11,13-14H2,1-3H3,(H,19,20);1H. The van der Waals surface area contributed by atoms with Crippen LogP contribution in [0.25, 0.3) is 0 Å². The van der Waals surface area contributed by atoms with Gasteiger partial charge in [0, 0.05) is 45.7 Å². The van der Waals surface area contributed by atoms with Gasteiger partial charge in [-0.2, -0.15) is 0 Å². The van der Waals surface area contributed by atoms with Gasteiger partial charge in [-0.1, -0.05) is 6.07 Å². The molecular formula is C18H31IN4O2S. The van der Waals surface area contributed by atoms with Gasteiger partial charge < -0.3 is 19.9 Å². The summed E-state index contributed by atoms with van der Waals surface area (Å²) in [5, 5.41) is 5.49. The van der Waals surface area contributed by atoms with Gasteiger partial charge in [0.2, 0.25) is 5.91 Å². The fourth-order valence-electron chi connectivity index (χ4n) is 2.61.